The lowest BCUT2D eigenvalue weighted by atomic mass is 9.77. The Labute approximate surface area is 342 Å². The summed E-state index contributed by atoms with van der Waals surface area (Å²) in [5, 5.41) is 6.45. The molecule has 2 N–H and O–H groups in total. The van der Waals surface area contributed by atoms with E-state index in [1.165, 1.54) is 18.2 Å². The van der Waals surface area contributed by atoms with E-state index >= 15 is 0 Å². The number of alkyl halides is 6. The standard InChI is InChI=1S/C24H27F3N2O.C23H25F3N2O/c1-29-14-6-13-23(16-29,18-9-3-2-4-10-18)28-22(30)20-12-11-19(24(25,26)27)15-21(20)17-7-5-8-17;1-28-13-5-12-22(15-28,17-6-3-2-4-7-17)27-21(29)19-11-10-18(23(24,25)26)14-20(19)16-8-9-16/h2-4,9-12,15,17H,5-8,13-14,16H2,1H3,(H,28,30);2-4,6-7,10-11,14,16H,5,8-9,12-13,15H2,1H3,(H,27,29)/t;22-/m.0/s1. The molecule has 0 aromatic heterocycles. The Hall–Kier alpha value is -4.68. The van der Waals surface area contributed by atoms with Crippen LogP contribution in [-0.2, 0) is 23.4 Å². The smallest absolute Gasteiger partial charge is 0.341 e. The van der Waals surface area contributed by atoms with Crippen molar-refractivity contribution in [2.45, 2.75) is 93.1 Å². The van der Waals surface area contributed by atoms with Crippen molar-refractivity contribution in [3.63, 3.8) is 0 Å². The maximum atomic E-state index is 13.4. The number of likely N-dealkylation sites (N-methyl/N-ethyl adjacent to an activating group) is 2. The van der Waals surface area contributed by atoms with Gasteiger partial charge < -0.3 is 20.4 Å². The number of carbonyl (C=O) groups is 2. The van der Waals surface area contributed by atoms with E-state index in [4.69, 9.17) is 0 Å². The number of amides is 2. The molecular weight excluding hydrogens is 767 g/mol. The van der Waals surface area contributed by atoms with Gasteiger partial charge in [-0.1, -0.05) is 67.1 Å². The number of rotatable bonds is 8. The Morgan fingerprint density at radius 2 is 0.949 bits per heavy atom. The van der Waals surface area contributed by atoms with E-state index in [0.29, 0.717) is 35.3 Å². The average Bonchev–Trinajstić information content (AvgIpc) is 4.03. The normalized spacial score (nSPS) is 23.1. The molecule has 4 aliphatic rings. The zero-order chi connectivity index (χ0) is 42.0. The molecule has 0 spiro atoms. The van der Waals surface area contributed by atoms with Crippen molar-refractivity contribution in [3.05, 3.63) is 142 Å². The van der Waals surface area contributed by atoms with Gasteiger partial charge in [0, 0.05) is 24.2 Å². The predicted molar refractivity (Wildman–Crippen MR) is 216 cm³/mol. The van der Waals surface area contributed by atoms with Crippen molar-refractivity contribution >= 4 is 11.8 Å². The number of nitrogens with zero attached hydrogens (tertiary/aromatic N) is 2. The highest BCUT2D eigenvalue weighted by Gasteiger charge is 2.41. The predicted octanol–water partition coefficient (Wildman–Crippen LogP) is 10.3. The Kier molecular flexibility index (Phi) is 12.3. The Morgan fingerprint density at radius 3 is 1.27 bits per heavy atom. The van der Waals surface area contributed by atoms with Gasteiger partial charge in [0.15, 0.2) is 0 Å². The second-order valence-electron chi connectivity index (χ2n) is 17.0. The fraction of sp³-hybridized carbons (Fsp3) is 0.447. The third kappa shape index (κ3) is 9.70. The van der Waals surface area contributed by atoms with Crippen molar-refractivity contribution in [3.8, 4) is 0 Å². The topological polar surface area (TPSA) is 64.7 Å². The van der Waals surface area contributed by atoms with Crippen LogP contribution in [0.3, 0.4) is 0 Å². The van der Waals surface area contributed by atoms with Crippen LogP contribution in [0.2, 0.25) is 0 Å². The Morgan fingerprint density at radius 1 is 0.559 bits per heavy atom. The molecule has 2 heterocycles. The first-order chi connectivity index (χ1) is 28.1. The highest BCUT2D eigenvalue weighted by atomic mass is 19.4. The van der Waals surface area contributed by atoms with Gasteiger partial charge in [0.2, 0.25) is 0 Å². The molecule has 4 aromatic carbocycles. The molecule has 0 bridgehead atoms. The molecule has 2 amide bonds. The van der Waals surface area contributed by atoms with Gasteiger partial charge in [0.05, 0.1) is 22.2 Å². The fourth-order valence-electron chi connectivity index (χ4n) is 9.12. The number of benzene rings is 4. The SMILES string of the molecule is CN1CCCC(NC(=O)c2ccc(C(F)(F)F)cc2C2CCC2)(c2ccccc2)C1.CN1CCC[C@@](NC(=O)c2ccc(C(F)(F)F)cc2C2CC2)(c2ccccc2)C1. The summed E-state index contributed by atoms with van der Waals surface area (Å²) in [6.07, 6.45) is -1.05. The Balaban J connectivity index is 0.000000179. The van der Waals surface area contributed by atoms with Crippen LogP contribution in [0, 0.1) is 0 Å². The minimum atomic E-state index is -4.41. The molecule has 0 radical (unpaired) electrons. The van der Waals surface area contributed by atoms with Crippen molar-refractivity contribution in [2.75, 3.05) is 40.3 Å². The zero-order valence-corrected chi connectivity index (χ0v) is 33.6. The monoisotopic (exact) mass is 818 g/mol. The number of halogens is 6. The molecule has 2 saturated heterocycles. The van der Waals surface area contributed by atoms with Crippen molar-refractivity contribution in [1.82, 2.24) is 20.4 Å². The summed E-state index contributed by atoms with van der Waals surface area (Å²) in [6.45, 7) is 3.25. The van der Waals surface area contributed by atoms with Gasteiger partial charge in [-0.25, -0.2) is 0 Å². The quantitative estimate of drug-likeness (QED) is 0.174. The van der Waals surface area contributed by atoms with Crippen LogP contribution in [0.15, 0.2) is 97.1 Å². The number of hydrogen-bond acceptors (Lipinski definition) is 4. The number of carbonyl (C=O) groups excluding carboxylic acids is 2. The summed E-state index contributed by atoms with van der Waals surface area (Å²) in [6, 6.07) is 26.8. The molecule has 1 unspecified atom stereocenters. The summed E-state index contributed by atoms with van der Waals surface area (Å²) in [7, 11) is 4.05. The van der Waals surface area contributed by atoms with Gasteiger partial charge in [-0.15, -0.1) is 0 Å². The van der Waals surface area contributed by atoms with Gasteiger partial charge >= 0.3 is 12.4 Å². The second kappa shape index (κ2) is 17.1. The zero-order valence-electron chi connectivity index (χ0n) is 33.6. The van der Waals surface area contributed by atoms with Crippen LogP contribution in [0.5, 0.6) is 0 Å². The lowest BCUT2D eigenvalue weighted by Gasteiger charge is -2.43. The van der Waals surface area contributed by atoms with Crippen LogP contribution >= 0.6 is 0 Å². The van der Waals surface area contributed by atoms with E-state index in [-0.39, 0.29) is 23.7 Å². The molecule has 4 fully saturated rings. The molecule has 12 heteroatoms. The molecule has 6 nitrogen and oxygen atoms in total. The van der Waals surface area contributed by atoms with E-state index in [1.54, 1.807) is 0 Å². The summed E-state index contributed by atoms with van der Waals surface area (Å²) < 4.78 is 79.4. The molecule has 4 aromatic rings. The molecule has 2 saturated carbocycles. The van der Waals surface area contributed by atoms with Gasteiger partial charge in [-0.2, -0.15) is 26.3 Å². The summed E-state index contributed by atoms with van der Waals surface area (Å²) in [4.78, 5) is 31.1. The van der Waals surface area contributed by atoms with Crippen LogP contribution in [-0.4, -0.2) is 61.9 Å². The molecule has 314 valence electrons. The summed E-state index contributed by atoms with van der Waals surface area (Å²) in [5.74, 6) is -0.515. The minimum absolute atomic E-state index is 0.0229. The second-order valence-corrected chi connectivity index (χ2v) is 17.0. The largest absolute Gasteiger partial charge is 0.416 e. The van der Waals surface area contributed by atoms with Crippen molar-refractivity contribution in [2.24, 2.45) is 0 Å². The Bertz CT molecular complexity index is 2100. The van der Waals surface area contributed by atoms with Crippen LogP contribution in [0.25, 0.3) is 0 Å². The van der Waals surface area contributed by atoms with E-state index in [1.807, 2.05) is 74.8 Å². The minimum Gasteiger partial charge on any atom is -0.341 e. The van der Waals surface area contributed by atoms with E-state index in [2.05, 4.69) is 20.4 Å². The number of piperidine rings is 2. The highest BCUT2D eigenvalue weighted by molar-refractivity contribution is 5.97. The van der Waals surface area contributed by atoms with Gasteiger partial charge in [-0.05, 0) is 149 Å². The van der Waals surface area contributed by atoms with E-state index < -0.39 is 34.6 Å². The molecule has 2 aliphatic heterocycles. The van der Waals surface area contributed by atoms with Gasteiger partial charge in [-0.3, -0.25) is 9.59 Å². The highest BCUT2D eigenvalue weighted by Crippen LogP contribution is 2.45. The molecule has 59 heavy (non-hydrogen) atoms. The lowest BCUT2D eigenvalue weighted by Crippen LogP contribution is -2.55. The van der Waals surface area contributed by atoms with Crippen molar-refractivity contribution < 1.29 is 35.9 Å². The molecule has 8 rings (SSSR count). The first-order valence-corrected chi connectivity index (χ1v) is 20.6. The summed E-state index contributed by atoms with van der Waals surface area (Å²) in [5.41, 5.74) is 1.37. The number of hydrogen-bond donors (Lipinski definition) is 2. The van der Waals surface area contributed by atoms with Gasteiger partial charge in [0.25, 0.3) is 11.8 Å². The first-order valence-electron chi connectivity index (χ1n) is 20.6. The van der Waals surface area contributed by atoms with Crippen LogP contribution in [0.4, 0.5) is 26.3 Å². The molecule has 2 aliphatic carbocycles. The van der Waals surface area contributed by atoms with Crippen LogP contribution < -0.4 is 10.6 Å². The third-order valence-corrected chi connectivity index (χ3v) is 12.5. The number of likely N-dealkylation sites (tertiary alicyclic amines) is 2. The summed E-state index contributed by atoms with van der Waals surface area (Å²) >= 11 is 0. The molecular formula is C47H52F6N4O2. The van der Waals surface area contributed by atoms with Crippen LogP contribution in [0.1, 0.15) is 124 Å². The van der Waals surface area contributed by atoms with Crippen molar-refractivity contribution in [1.29, 1.82) is 0 Å². The third-order valence-electron chi connectivity index (χ3n) is 12.5. The maximum absolute atomic E-state index is 13.4. The molecule has 2 atom stereocenters. The first kappa shape index (κ1) is 42.4. The average molecular weight is 819 g/mol. The lowest BCUT2D eigenvalue weighted by molar-refractivity contribution is -0.138. The fourth-order valence-corrected chi connectivity index (χ4v) is 9.12. The van der Waals surface area contributed by atoms with E-state index in [9.17, 15) is 35.9 Å². The number of nitrogens with one attached hydrogen (secondary N) is 2. The van der Waals surface area contributed by atoms with E-state index in [0.717, 1.165) is 100 Å². The maximum Gasteiger partial charge on any atom is 0.416 e. The van der Waals surface area contributed by atoms with Gasteiger partial charge in [0.1, 0.15) is 0 Å².